The topological polar surface area (TPSA) is 51.2 Å². The lowest BCUT2D eigenvalue weighted by molar-refractivity contribution is 0.0595. The van der Waals surface area contributed by atoms with Gasteiger partial charge in [-0.3, -0.25) is 0 Å². The summed E-state index contributed by atoms with van der Waals surface area (Å²) < 4.78 is 4.61. The van der Waals surface area contributed by atoms with Crippen molar-refractivity contribution in [3.05, 3.63) is 47.0 Å². The number of esters is 1. The standard InChI is InChI=1S/C14H16N2O2S/c1-18-13(17)12-10-19-14(16-12)15-9-5-8-11-6-3-2-4-7-11/h2-4,6-7,10H,5,8-9H2,1H3,(H,15,16). The van der Waals surface area contributed by atoms with Crippen molar-refractivity contribution in [1.82, 2.24) is 4.98 Å². The van der Waals surface area contributed by atoms with Gasteiger partial charge in [0.15, 0.2) is 10.8 Å². The molecule has 0 aliphatic rings. The Labute approximate surface area is 116 Å². The van der Waals surface area contributed by atoms with E-state index < -0.39 is 5.97 Å². The van der Waals surface area contributed by atoms with E-state index in [4.69, 9.17) is 0 Å². The Morgan fingerprint density at radius 2 is 2.16 bits per heavy atom. The highest BCUT2D eigenvalue weighted by molar-refractivity contribution is 7.13. The number of nitrogens with one attached hydrogen (secondary N) is 1. The van der Waals surface area contributed by atoms with Crippen LogP contribution in [0, 0.1) is 0 Å². The van der Waals surface area contributed by atoms with Gasteiger partial charge in [0.2, 0.25) is 0 Å². The summed E-state index contributed by atoms with van der Waals surface area (Å²) in [6.07, 6.45) is 2.06. The molecule has 0 unspecified atom stereocenters. The zero-order chi connectivity index (χ0) is 13.5. The first-order valence-electron chi connectivity index (χ1n) is 6.11. The van der Waals surface area contributed by atoms with Crippen LogP contribution in [-0.4, -0.2) is 24.6 Å². The first-order valence-corrected chi connectivity index (χ1v) is 6.99. The van der Waals surface area contributed by atoms with Crippen molar-refractivity contribution in [2.24, 2.45) is 0 Å². The van der Waals surface area contributed by atoms with Gasteiger partial charge in [0.05, 0.1) is 7.11 Å². The molecule has 1 aromatic heterocycles. The van der Waals surface area contributed by atoms with Gasteiger partial charge in [-0.1, -0.05) is 30.3 Å². The molecule has 0 atom stereocenters. The molecule has 5 heteroatoms. The predicted octanol–water partition coefficient (Wildman–Crippen LogP) is 2.97. The van der Waals surface area contributed by atoms with Gasteiger partial charge in [0.25, 0.3) is 0 Å². The monoisotopic (exact) mass is 276 g/mol. The Hall–Kier alpha value is -1.88. The summed E-state index contributed by atoms with van der Waals surface area (Å²) in [6.45, 7) is 0.836. The third-order valence-electron chi connectivity index (χ3n) is 2.66. The van der Waals surface area contributed by atoms with Gasteiger partial charge < -0.3 is 10.1 Å². The SMILES string of the molecule is COC(=O)c1csc(NCCCc2ccccc2)n1. The lowest BCUT2D eigenvalue weighted by Gasteiger charge is -2.02. The van der Waals surface area contributed by atoms with Crippen LogP contribution in [0.5, 0.6) is 0 Å². The molecule has 4 nitrogen and oxygen atoms in total. The lowest BCUT2D eigenvalue weighted by Crippen LogP contribution is -2.05. The van der Waals surface area contributed by atoms with E-state index in [1.165, 1.54) is 24.0 Å². The molecule has 0 amide bonds. The van der Waals surface area contributed by atoms with E-state index in [1.54, 1.807) is 5.38 Å². The second-order valence-electron chi connectivity index (χ2n) is 4.05. The maximum Gasteiger partial charge on any atom is 0.357 e. The molecule has 0 fully saturated rings. The van der Waals surface area contributed by atoms with Crippen molar-refractivity contribution in [1.29, 1.82) is 0 Å². The summed E-state index contributed by atoms with van der Waals surface area (Å²) in [6, 6.07) is 10.4. The minimum atomic E-state index is -0.395. The summed E-state index contributed by atoms with van der Waals surface area (Å²) >= 11 is 1.42. The van der Waals surface area contributed by atoms with Crippen molar-refractivity contribution >= 4 is 22.4 Å². The number of methoxy groups -OCH3 is 1. The van der Waals surface area contributed by atoms with E-state index in [-0.39, 0.29) is 0 Å². The Morgan fingerprint density at radius 1 is 1.37 bits per heavy atom. The van der Waals surface area contributed by atoms with Crippen LogP contribution >= 0.6 is 11.3 Å². The van der Waals surface area contributed by atoms with Crippen LogP contribution in [0.25, 0.3) is 0 Å². The van der Waals surface area contributed by atoms with E-state index in [2.05, 4.69) is 27.2 Å². The Bertz CT molecular complexity index is 525. The van der Waals surface area contributed by atoms with Gasteiger partial charge in [0.1, 0.15) is 0 Å². The number of benzene rings is 1. The highest BCUT2D eigenvalue weighted by Gasteiger charge is 2.09. The van der Waals surface area contributed by atoms with Crippen molar-refractivity contribution in [2.75, 3.05) is 19.0 Å². The summed E-state index contributed by atoms with van der Waals surface area (Å²) in [7, 11) is 1.36. The minimum absolute atomic E-state index is 0.359. The number of carbonyl (C=O) groups is 1. The number of anilines is 1. The number of thiazole rings is 1. The second kappa shape index (κ2) is 6.89. The zero-order valence-electron chi connectivity index (χ0n) is 10.8. The number of hydrogen-bond donors (Lipinski definition) is 1. The van der Waals surface area contributed by atoms with Crippen LogP contribution in [-0.2, 0) is 11.2 Å². The smallest absolute Gasteiger partial charge is 0.357 e. The van der Waals surface area contributed by atoms with Crippen LogP contribution in [0.3, 0.4) is 0 Å². The highest BCUT2D eigenvalue weighted by Crippen LogP contribution is 2.16. The summed E-state index contributed by atoms with van der Waals surface area (Å²) in [4.78, 5) is 15.4. The van der Waals surface area contributed by atoms with Crippen molar-refractivity contribution in [3.8, 4) is 0 Å². The van der Waals surface area contributed by atoms with Crippen LogP contribution in [0.4, 0.5) is 5.13 Å². The quantitative estimate of drug-likeness (QED) is 0.651. The Kier molecular flexibility index (Phi) is 4.92. The first-order chi connectivity index (χ1) is 9.29. The minimum Gasteiger partial charge on any atom is -0.464 e. The molecule has 1 N–H and O–H groups in total. The molecule has 19 heavy (non-hydrogen) atoms. The maximum atomic E-state index is 11.2. The Morgan fingerprint density at radius 3 is 2.89 bits per heavy atom. The second-order valence-corrected chi connectivity index (χ2v) is 4.90. The fraction of sp³-hybridized carbons (Fsp3) is 0.286. The number of hydrogen-bond acceptors (Lipinski definition) is 5. The molecule has 0 saturated carbocycles. The van der Waals surface area contributed by atoms with Crippen LogP contribution in [0.15, 0.2) is 35.7 Å². The van der Waals surface area contributed by atoms with Gasteiger partial charge in [-0.05, 0) is 18.4 Å². The highest BCUT2D eigenvalue weighted by atomic mass is 32.1. The van der Waals surface area contributed by atoms with Crippen molar-refractivity contribution in [3.63, 3.8) is 0 Å². The lowest BCUT2D eigenvalue weighted by atomic mass is 10.1. The molecule has 1 aromatic carbocycles. The van der Waals surface area contributed by atoms with E-state index >= 15 is 0 Å². The van der Waals surface area contributed by atoms with Crippen LogP contribution in [0.2, 0.25) is 0 Å². The number of ether oxygens (including phenoxy) is 1. The molecule has 0 bridgehead atoms. The van der Waals surface area contributed by atoms with E-state index in [1.807, 2.05) is 18.2 Å². The maximum absolute atomic E-state index is 11.2. The number of rotatable bonds is 6. The summed E-state index contributed by atoms with van der Waals surface area (Å²) in [5.41, 5.74) is 1.69. The van der Waals surface area contributed by atoms with Gasteiger partial charge in [-0.25, -0.2) is 9.78 Å². The Balaban J connectivity index is 1.74. The fourth-order valence-electron chi connectivity index (χ4n) is 1.69. The third-order valence-corrected chi connectivity index (χ3v) is 3.46. The molecule has 1 heterocycles. The molecule has 0 aliphatic heterocycles. The molecule has 0 spiro atoms. The largest absolute Gasteiger partial charge is 0.464 e. The van der Waals surface area contributed by atoms with Crippen molar-refractivity contribution in [2.45, 2.75) is 12.8 Å². The summed E-state index contributed by atoms with van der Waals surface area (Å²) in [5.74, 6) is -0.395. The molecule has 0 aliphatic carbocycles. The fourth-order valence-corrected chi connectivity index (χ4v) is 2.39. The van der Waals surface area contributed by atoms with Gasteiger partial charge >= 0.3 is 5.97 Å². The molecule has 100 valence electrons. The van der Waals surface area contributed by atoms with Crippen LogP contribution < -0.4 is 5.32 Å². The van der Waals surface area contributed by atoms with E-state index in [0.717, 1.165) is 24.5 Å². The van der Waals surface area contributed by atoms with Gasteiger partial charge in [-0.15, -0.1) is 11.3 Å². The number of aromatic nitrogens is 1. The average molecular weight is 276 g/mol. The molecule has 0 saturated heterocycles. The molecule has 0 radical (unpaired) electrons. The number of carbonyl (C=O) groups excluding carboxylic acids is 1. The summed E-state index contributed by atoms with van der Waals surface area (Å²) in [5, 5.41) is 5.67. The average Bonchev–Trinajstić information content (AvgIpc) is 2.93. The van der Waals surface area contributed by atoms with Crippen molar-refractivity contribution < 1.29 is 9.53 Å². The molecule has 2 aromatic rings. The molecular formula is C14H16N2O2S. The molecular weight excluding hydrogens is 260 g/mol. The zero-order valence-corrected chi connectivity index (χ0v) is 11.6. The normalized spacial score (nSPS) is 10.2. The number of aryl methyl sites for hydroxylation is 1. The number of nitrogens with zero attached hydrogens (tertiary/aromatic N) is 1. The molecule has 2 rings (SSSR count). The predicted molar refractivity (Wildman–Crippen MR) is 76.7 cm³/mol. The van der Waals surface area contributed by atoms with Crippen LogP contribution in [0.1, 0.15) is 22.5 Å². The third kappa shape index (κ3) is 4.06. The van der Waals surface area contributed by atoms with Gasteiger partial charge in [0, 0.05) is 11.9 Å². The van der Waals surface area contributed by atoms with E-state index in [0.29, 0.717) is 5.69 Å². The van der Waals surface area contributed by atoms with Gasteiger partial charge in [-0.2, -0.15) is 0 Å². The van der Waals surface area contributed by atoms with E-state index in [9.17, 15) is 4.79 Å². The first kappa shape index (κ1) is 13.5.